The molecule has 0 bridgehead atoms. The highest BCUT2D eigenvalue weighted by atomic mass is 32.1. The van der Waals surface area contributed by atoms with E-state index in [0.29, 0.717) is 17.1 Å². The number of amides is 2. The lowest BCUT2D eigenvalue weighted by atomic mass is 10.1. The van der Waals surface area contributed by atoms with Crippen molar-refractivity contribution >= 4 is 34.1 Å². The smallest absolute Gasteiger partial charge is 0.259 e. The van der Waals surface area contributed by atoms with Crippen molar-refractivity contribution in [3.63, 3.8) is 0 Å². The van der Waals surface area contributed by atoms with Crippen molar-refractivity contribution in [3.05, 3.63) is 29.4 Å². The van der Waals surface area contributed by atoms with Crippen LogP contribution in [-0.4, -0.2) is 46.1 Å². The first-order valence-corrected chi connectivity index (χ1v) is 9.61. The van der Waals surface area contributed by atoms with Gasteiger partial charge in [0.1, 0.15) is 11.3 Å². The van der Waals surface area contributed by atoms with E-state index in [9.17, 15) is 9.59 Å². The van der Waals surface area contributed by atoms with Crippen LogP contribution in [0.25, 0.3) is 0 Å². The maximum Gasteiger partial charge on any atom is 0.259 e. The van der Waals surface area contributed by atoms with Gasteiger partial charge in [-0.05, 0) is 31.4 Å². The average molecular weight is 374 g/mol. The zero-order valence-corrected chi connectivity index (χ0v) is 15.5. The number of nitrogens with zero attached hydrogens (tertiary/aromatic N) is 4. The van der Waals surface area contributed by atoms with Crippen molar-refractivity contribution in [2.75, 3.05) is 23.3 Å². The highest BCUT2D eigenvalue weighted by molar-refractivity contribution is 7.13. The van der Waals surface area contributed by atoms with Crippen molar-refractivity contribution in [1.29, 1.82) is 0 Å². The molecule has 26 heavy (non-hydrogen) atoms. The van der Waals surface area contributed by atoms with E-state index < -0.39 is 0 Å². The van der Waals surface area contributed by atoms with E-state index in [-0.39, 0.29) is 17.9 Å². The third kappa shape index (κ3) is 4.75. The number of anilines is 2. The second kappa shape index (κ2) is 8.70. The van der Waals surface area contributed by atoms with Crippen LogP contribution in [0.2, 0.25) is 0 Å². The second-order valence-electron chi connectivity index (χ2n) is 6.21. The number of carbonyl (C=O) groups is 2. The summed E-state index contributed by atoms with van der Waals surface area (Å²) < 4.78 is 0. The summed E-state index contributed by atoms with van der Waals surface area (Å²) in [7, 11) is 0. The normalized spacial score (nSPS) is 17.0. The fourth-order valence-corrected chi connectivity index (χ4v) is 3.37. The van der Waals surface area contributed by atoms with Gasteiger partial charge in [0.25, 0.3) is 5.91 Å². The summed E-state index contributed by atoms with van der Waals surface area (Å²) in [5.41, 5.74) is 2.02. The predicted octanol–water partition coefficient (Wildman–Crippen LogP) is 2.07. The summed E-state index contributed by atoms with van der Waals surface area (Å²) in [6, 6.07) is 3.73. The molecule has 2 aromatic rings. The lowest BCUT2D eigenvalue weighted by Gasteiger charge is -2.34. The van der Waals surface area contributed by atoms with Crippen molar-refractivity contribution in [3.8, 4) is 0 Å². The van der Waals surface area contributed by atoms with E-state index in [1.54, 1.807) is 17.8 Å². The maximum atomic E-state index is 12.2. The summed E-state index contributed by atoms with van der Waals surface area (Å²) in [5.74, 6) is 0.659. The van der Waals surface area contributed by atoms with Gasteiger partial charge in [0.15, 0.2) is 0 Å². The zero-order chi connectivity index (χ0) is 18.4. The molecule has 1 aliphatic rings. The first kappa shape index (κ1) is 18.2. The summed E-state index contributed by atoms with van der Waals surface area (Å²) in [6.07, 6.45) is 4.95. The Morgan fingerprint density at radius 1 is 1.38 bits per heavy atom. The molecule has 0 aliphatic carbocycles. The summed E-state index contributed by atoms with van der Waals surface area (Å²) >= 11 is 1.26. The molecule has 1 unspecified atom stereocenters. The molecule has 2 N–H and O–H groups in total. The van der Waals surface area contributed by atoms with Gasteiger partial charge < -0.3 is 10.2 Å². The molecule has 0 spiro atoms. The van der Waals surface area contributed by atoms with Gasteiger partial charge in [-0.25, -0.2) is 4.98 Å². The quantitative estimate of drug-likeness (QED) is 0.803. The fraction of sp³-hybridized carbons (Fsp3) is 0.471. The second-order valence-corrected chi connectivity index (χ2v) is 7.04. The molecule has 138 valence electrons. The Bertz CT molecular complexity index is 734. The van der Waals surface area contributed by atoms with Gasteiger partial charge >= 0.3 is 0 Å². The Kier molecular flexibility index (Phi) is 6.11. The van der Waals surface area contributed by atoms with Crippen LogP contribution in [0.1, 0.15) is 43.0 Å². The van der Waals surface area contributed by atoms with Crippen LogP contribution in [0.5, 0.6) is 0 Å². The zero-order valence-electron chi connectivity index (χ0n) is 14.6. The predicted molar refractivity (Wildman–Crippen MR) is 100 cm³/mol. The minimum absolute atomic E-state index is 0.107. The van der Waals surface area contributed by atoms with Crippen LogP contribution in [0, 0.1) is 0 Å². The number of pyridine rings is 1. The first-order chi connectivity index (χ1) is 12.7. The van der Waals surface area contributed by atoms with E-state index in [0.717, 1.165) is 38.2 Å². The number of rotatable bonds is 6. The van der Waals surface area contributed by atoms with E-state index in [1.165, 1.54) is 11.3 Å². The topological polar surface area (TPSA) is 100 Å². The Balaban J connectivity index is 1.59. The Labute approximate surface area is 156 Å². The number of aromatic nitrogens is 3. The molecule has 1 aliphatic heterocycles. The molecule has 3 rings (SSSR count). The lowest BCUT2D eigenvalue weighted by Crippen LogP contribution is -2.48. The summed E-state index contributed by atoms with van der Waals surface area (Å²) in [4.78, 5) is 30.5. The molecule has 8 nitrogen and oxygen atoms in total. The number of carbonyl (C=O) groups excluding carboxylic acids is 2. The SMILES string of the molecule is CCCC(=O)NC1CCCN(c2ccc(C(=O)Nc3nncs3)cn2)C1. The van der Waals surface area contributed by atoms with Gasteiger partial charge in [0.05, 0.1) is 5.56 Å². The van der Waals surface area contributed by atoms with Gasteiger partial charge in [-0.2, -0.15) is 0 Å². The molecule has 0 saturated carbocycles. The summed E-state index contributed by atoms with van der Waals surface area (Å²) in [6.45, 7) is 3.63. The molecule has 0 radical (unpaired) electrons. The van der Waals surface area contributed by atoms with Gasteiger partial charge in [0, 0.05) is 31.7 Å². The lowest BCUT2D eigenvalue weighted by molar-refractivity contribution is -0.121. The van der Waals surface area contributed by atoms with Crippen LogP contribution in [-0.2, 0) is 4.79 Å². The molecule has 9 heteroatoms. The van der Waals surface area contributed by atoms with Crippen molar-refractivity contribution < 1.29 is 9.59 Å². The Morgan fingerprint density at radius 2 is 2.27 bits per heavy atom. The van der Waals surface area contributed by atoms with Crippen LogP contribution in [0.15, 0.2) is 23.8 Å². The number of hydrogen-bond donors (Lipinski definition) is 2. The monoisotopic (exact) mass is 374 g/mol. The first-order valence-electron chi connectivity index (χ1n) is 8.73. The van der Waals surface area contributed by atoms with Crippen molar-refractivity contribution in [2.45, 2.75) is 38.6 Å². The molecule has 1 fully saturated rings. The van der Waals surface area contributed by atoms with Crippen LogP contribution in [0.3, 0.4) is 0 Å². The molecular weight excluding hydrogens is 352 g/mol. The van der Waals surface area contributed by atoms with Crippen molar-refractivity contribution in [2.24, 2.45) is 0 Å². The molecular formula is C17H22N6O2S. The largest absolute Gasteiger partial charge is 0.355 e. The number of piperidine rings is 1. The standard InChI is InChI=1S/C17H22N6O2S/c1-2-4-15(24)20-13-5-3-8-23(10-13)14-7-6-12(9-18-14)16(25)21-17-22-19-11-26-17/h6-7,9,11,13H,2-5,8,10H2,1H3,(H,20,24)(H,21,22,25). The Hall–Kier alpha value is -2.55. The number of hydrogen-bond acceptors (Lipinski definition) is 7. The molecule has 1 atom stereocenters. The highest BCUT2D eigenvalue weighted by Crippen LogP contribution is 2.19. The summed E-state index contributed by atoms with van der Waals surface area (Å²) in [5, 5.41) is 13.7. The van der Waals surface area contributed by atoms with E-state index in [2.05, 4.69) is 30.7 Å². The van der Waals surface area contributed by atoms with Gasteiger partial charge in [0.2, 0.25) is 11.0 Å². The third-order valence-electron chi connectivity index (χ3n) is 4.18. The average Bonchev–Trinajstić information content (AvgIpc) is 3.15. The van der Waals surface area contributed by atoms with E-state index >= 15 is 0 Å². The molecule has 2 aromatic heterocycles. The van der Waals surface area contributed by atoms with Crippen LogP contribution >= 0.6 is 11.3 Å². The minimum Gasteiger partial charge on any atom is -0.355 e. The molecule has 2 amide bonds. The van der Waals surface area contributed by atoms with Crippen LogP contribution < -0.4 is 15.5 Å². The van der Waals surface area contributed by atoms with E-state index in [1.807, 2.05) is 13.0 Å². The molecule has 1 saturated heterocycles. The maximum absolute atomic E-state index is 12.2. The van der Waals surface area contributed by atoms with E-state index in [4.69, 9.17) is 0 Å². The van der Waals surface area contributed by atoms with Crippen LogP contribution in [0.4, 0.5) is 10.9 Å². The van der Waals surface area contributed by atoms with Gasteiger partial charge in [-0.3, -0.25) is 14.9 Å². The fourth-order valence-electron chi connectivity index (χ4n) is 2.93. The highest BCUT2D eigenvalue weighted by Gasteiger charge is 2.22. The minimum atomic E-state index is -0.260. The number of nitrogens with one attached hydrogen (secondary N) is 2. The molecule has 0 aromatic carbocycles. The molecule has 3 heterocycles. The van der Waals surface area contributed by atoms with Crippen molar-refractivity contribution in [1.82, 2.24) is 20.5 Å². The Morgan fingerprint density at radius 3 is 2.96 bits per heavy atom. The third-order valence-corrected chi connectivity index (χ3v) is 4.78. The van der Waals surface area contributed by atoms with Gasteiger partial charge in [-0.15, -0.1) is 10.2 Å². The van der Waals surface area contributed by atoms with Gasteiger partial charge in [-0.1, -0.05) is 18.3 Å².